The highest BCUT2D eigenvalue weighted by atomic mass is 16.3. The van der Waals surface area contributed by atoms with Gasteiger partial charge in [0.05, 0.1) is 11.1 Å². The van der Waals surface area contributed by atoms with E-state index in [0.29, 0.717) is 5.52 Å². The second-order valence-electron chi connectivity index (χ2n) is 2.90. The maximum absolute atomic E-state index is 11.1. The number of carbonyl (C=O) groups is 1. The van der Waals surface area contributed by atoms with Crippen LogP contribution in [0.5, 0.6) is 5.75 Å². The van der Waals surface area contributed by atoms with Gasteiger partial charge in [0, 0.05) is 11.6 Å². The molecule has 0 aliphatic heterocycles. The number of pyridine rings is 1. The van der Waals surface area contributed by atoms with Gasteiger partial charge >= 0.3 is 0 Å². The van der Waals surface area contributed by atoms with Crippen molar-refractivity contribution in [1.29, 1.82) is 0 Å². The Kier molecular flexibility index (Phi) is 1.96. The molecule has 1 aromatic heterocycles. The molecule has 0 unspecified atom stereocenters. The minimum absolute atomic E-state index is 0.0723. The van der Waals surface area contributed by atoms with E-state index in [9.17, 15) is 9.90 Å². The van der Waals surface area contributed by atoms with Crippen molar-refractivity contribution in [3.05, 3.63) is 36.0 Å². The fourth-order valence-corrected chi connectivity index (χ4v) is 1.38. The molecule has 3 nitrogen and oxygen atoms in total. The molecule has 0 aliphatic rings. The molecule has 1 N–H and O–H groups in total. The minimum Gasteiger partial charge on any atom is -0.507 e. The summed E-state index contributed by atoms with van der Waals surface area (Å²) in [6.45, 7) is 0. The van der Waals surface area contributed by atoms with Gasteiger partial charge in [0.1, 0.15) is 11.4 Å². The molecule has 4 heteroatoms. The summed E-state index contributed by atoms with van der Waals surface area (Å²) in [5, 5.41) is 10.2. The van der Waals surface area contributed by atoms with Gasteiger partial charge in [-0.3, -0.25) is 4.98 Å². The second-order valence-corrected chi connectivity index (χ2v) is 2.90. The van der Waals surface area contributed by atoms with Crippen LogP contribution in [0.15, 0.2) is 30.5 Å². The summed E-state index contributed by atoms with van der Waals surface area (Å²) in [5.74, 6) is -0.135. The third kappa shape index (κ3) is 1.25. The Morgan fingerprint density at radius 3 is 2.86 bits per heavy atom. The molecular weight excluding hydrogens is 177 g/mol. The van der Waals surface area contributed by atoms with Gasteiger partial charge in [-0.2, -0.15) is 0 Å². The van der Waals surface area contributed by atoms with Crippen LogP contribution in [0, 0.1) is 0 Å². The van der Waals surface area contributed by atoms with Crippen LogP contribution in [-0.2, 0) is 0 Å². The third-order valence-corrected chi connectivity index (χ3v) is 2.00. The van der Waals surface area contributed by atoms with E-state index >= 15 is 0 Å². The van der Waals surface area contributed by atoms with E-state index < -0.39 is 5.68 Å². The van der Waals surface area contributed by atoms with Crippen molar-refractivity contribution in [2.24, 2.45) is 0 Å². The Labute approximate surface area is 81.8 Å². The Balaban J connectivity index is 2.90. The summed E-state index contributed by atoms with van der Waals surface area (Å²) < 4.78 is 0. The van der Waals surface area contributed by atoms with E-state index in [4.69, 9.17) is 7.85 Å². The van der Waals surface area contributed by atoms with Crippen molar-refractivity contribution in [2.45, 2.75) is 0 Å². The predicted octanol–water partition coefficient (Wildman–Crippen LogP) is 1.25. The Bertz CT molecular complexity index is 510. The van der Waals surface area contributed by atoms with Crippen LogP contribution < -0.4 is 0 Å². The molecule has 66 valence electrons. The SMILES string of the molecule is [B]C(=O)c1c(O)ccc2cccnc12. The lowest BCUT2D eigenvalue weighted by atomic mass is 9.92. The number of benzene rings is 1. The van der Waals surface area contributed by atoms with Gasteiger partial charge in [-0.25, -0.2) is 0 Å². The molecule has 14 heavy (non-hydrogen) atoms. The molecule has 2 rings (SSSR count). The highest BCUT2D eigenvalue weighted by molar-refractivity contribution is 6.63. The number of rotatable bonds is 1. The maximum atomic E-state index is 11.1. The molecule has 1 aromatic carbocycles. The van der Waals surface area contributed by atoms with Crippen LogP contribution in [0.1, 0.15) is 10.4 Å². The lowest BCUT2D eigenvalue weighted by Gasteiger charge is -2.04. The average molecular weight is 183 g/mol. The first-order valence-corrected chi connectivity index (χ1v) is 4.06. The molecule has 1 heterocycles. The van der Waals surface area contributed by atoms with Crippen LogP contribution >= 0.6 is 0 Å². The third-order valence-electron chi connectivity index (χ3n) is 2.00. The van der Waals surface area contributed by atoms with E-state index in [-0.39, 0.29) is 11.3 Å². The molecule has 2 aromatic rings. The second kappa shape index (κ2) is 3.14. The Morgan fingerprint density at radius 2 is 2.14 bits per heavy atom. The number of phenolic OH excluding ortho intramolecular Hbond substituents is 1. The monoisotopic (exact) mass is 183 g/mol. The highest BCUT2D eigenvalue weighted by Gasteiger charge is 2.10. The molecule has 0 fully saturated rings. The topological polar surface area (TPSA) is 50.2 Å². The highest BCUT2D eigenvalue weighted by Crippen LogP contribution is 2.24. The molecule has 0 saturated heterocycles. The van der Waals surface area contributed by atoms with Crippen LogP contribution in [0.4, 0.5) is 0 Å². The van der Waals surface area contributed by atoms with Crippen molar-refractivity contribution in [1.82, 2.24) is 4.98 Å². The molecular formula is C10H6BNO2. The number of aromatic hydroxyl groups is 1. The van der Waals surface area contributed by atoms with Gasteiger partial charge in [0.2, 0.25) is 0 Å². The first-order chi connectivity index (χ1) is 6.70. The summed E-state index contributed by atoms with van der Waals surface area (Å²) in [4.78, 5) is 15.1. The molecule has 0 saturated carbocycles. The molecule has 0 bridgehead atoms. The lowest BCUT2D eigenvalue weighted by molar-refractivity contribution is 0.107. The maximum Gasteiger partial charge on any atom is 0.175 e. The number of fused-ring (bicyclic) bond motifs is 1. The van der Waals surface area contributed by atoms with Gasteiger partial charge < -0.3 is 9.90 Å². The number of nitrogens with zero attached hydrogens (tertiary/aromatic N) is 1. The molecule has 0 amide bonds. The van der Waals surface area contributed by atoms with Crippen LogP contribution in [0.2, 0.25) is 0 Å². The molecule has 0 aliphatic carbocycles. The van der Waals surface area contributed by atoms with Crippen molar-refractivity contribution in [2.75, 3.05) is 0 Å². The van der Waals surface area contributed by atoms with E-state index in [2.05, 4.69) is 4.98 Å². The minimum atomic E-state index is -0.674. The van der Waals surface area contributed by atoms with E-state index in [1.165, 1.54) is 6.07 Å². The number of aromatic nitrogens is 1. The van der Waals surface area contributed by atoms with E-state index in [1.807, 2.05) is 0 Å². The fourth-order valence-electron chi connectivity index (χ4n) is 1.38. The Morgan fingerprint density at radius 1 is 1.36 bits per heavy atom. The molecule has 2 radical (unpaired) electrons. The standard InChI is InChI=1S/C10H6BNO2/c11-10(14)8-7(13)4-3-6-2-1-5-12-9(6)8/h1-5,13H. The number of carbonyl (C=O) groups excluding carboxylic acids is 1. The summed E-state index contributed by atoms with van der Waals surface area (Å²) >= 11 is 0. The van der Waals surface area contributed by atoms with Gasteiger partial charge in [-0.15, -0.1) is 0 Å². The van der Waals surface area contributed by atoms with Crippen molar-refractivity contribution < 1.29 is 9.90 Å². The predicted molar refractivity (Wildman–Crippen MR) is 53.5 cm³/mol. The van der Waals surface area contributed by atoms with Crippen LogP contribution in [-0.4, -0.2) is 23.6 Å². The summed E-state index contributed by atoms with van der Waals surface area (Å²) in [6.07, 6.45) is 1.55. The summed E-state index contributed by atoms with van der Waals surface area (Å²) in [7, 11) is 5.14. The first kappa shape index (κ1) is 8.75. The number of phenols is 1. The lowest BCUT2D eigenvalue weighted by Crippen LogP contribution is -2.00. The zero-order valence-electron chi connectivity index (χ0n) is 7.27. The van der Waals surface area contributed by atoms with Crippen LogP contribution in [0.3, 0.4) is 0 Å². The quantitative estimate of drug-likeness (QED) is 0.676. The van der Waals surface area contributed by atoms with Crippen molar-refractivity contribution in [3.8, 4) is 5.75 Å². The first-order valence-electron chi connectivity index (χ1n) is 4.06. The number of hydrogen-bond acceptors (Lipinski definition) is 3. The van der Waals surface area contributed by atoms with Gasteiger partial charge in [-0.1, -0.05) is 6.07 Å². The fraction of sp³-hybridized carbons (Fsp3) is 0. The molecule has 0 spiro atoms. The van der Waals surface area contributed by atoms with E-state index in [0.717, 1.165) is 5.39 Å². The zero-order chi connectivity index (χ0) is 10.1. The van der Waals surface area contributed by atoms with Gasteiger partial charge in [0.15, 0.2) is 7.85 Å². The smallest absolute Gasteiger partial charge is 0.175 e. The van der Waals surface area contributed by atoms with Crippen molar-refractivity contribution >= 4 is 24.4 Å². The van der Waals surface area contributed by atoms with Crippen molar-refractivity contribution in [3.63, 3.8) is 0 Å². The normalized spacial score (nSPS) is 10.3. The van der Waals surface area contributed by atoms with Gasteiger partial charge in [-0.05, 0) is 18.2 Å². The summed E-state index contributed by atoms with van der Waals surface area (Å²) in [5.41, 5.74) is -0.171. The zero-order valence-corrected chi connectivity index (χ0v) is 7.27. The molecule has 0 atom stereocenters. The van der Waals surface area contributed by atoms with E-state index in [1.54, 1.807) is 24.4 Å². The number of hydrogen-bond donors (Lipinski definition) is 1. The van der Waals surface area contributed by atoms with Crippen LogP contribution in [0.25, 0.3) is 10.9 Å². The summed E-state index contributed by atoms with van der Waals surface area (Å²) in [6, 6.07) is 6.67. The largest absolute Gasteiger partial charge is 0.507 e. The Hall–Kier alpha value is -1.84. The van der Waals surface area contributed by atoms with Gasteiger partial charge in [0.25, 0.3) is 0 Å². The average Bonchev–Trinajstić information content (AvgIpc) is 2.17.